The van der Waals surface area contributed by atoms with E-state index in [2.05, 4.69) is 60.8 Å². The van der Waals surface area contributed by atoms with Crippen LogP contribution in [0.15, 0.2) is 60.7 Å². The molecule has 0 aliphatic rings. The van der Waals surface area contributed by atoms with Crippen LogP contribution in [0.25, 0.3) is 10.8 Å². The zero-order valence-electron chi connectivity index (χ0n) is 14.4. The molecule has 0 saturated carbocycles. The van der Waals surface area contributed by atoms with Crippen molar-refractivity contribution in [1.82, 2.24) is 5.32 Å². The van der Waals surface area contributed by atoms with E-state index in [9.17, 15) is 0 Å². The summed E-state index contributed by atoms with van der Waals surface area (Å²) < 4.78 is 10.9. The lowest BCUT2D eigenvalue weighted by Gasteiger charge is -2.18. The van der Waals surface area contributed by atoms with Gasteiger partial charge in [-0.3, -0.25) is 0 Å². The molecular weight excluding hydrogens is 298 g/mol. The summed E-state index contributed by atoms with van der Waals surface area (Å²) in [7, 11) is 3.34. The molecule has 0 unspecified atom stereocenters. The second kappa shape index (κ2) is 7.37. The van der Waals surface area contributed by atoms with E-state index >= 15 is 0 Å². The fourth-order valence-electron chi connectivity index (χ4n) is 3.09. The fourth-order valence-corrected chi connectivity index (χ4v) is 3.09. The van der Waals surface area contributed by atoms with Gasteiger partial charge < -0.3 is 14.8 Å². The molecule has 0 radical (unpaired) electrons. The number of methoxy groups -OCH3 is 2. The Kier molecular flexibility index (Phi) is 5.02. The summed E-state index contributed by atoms with van der Waals surface area (Å²) in [6.45, 7) is 2.90. The zero-order chi connectivity index (χ0) is 16.9. The van der Waals surface area contributed by atoms with Gasteiger partial charge in [0, 0.05) is 18.2 Å². The number of rotatable bonds is 6. The fraction of sp³-hybridized carbons (Fsp3) is 0.238. The molecule has 3 aromatic carbocycles. The summed E-state index contributed by atoms with van der Waals surface area (Å²) in [4.78, 5) is 0. The number of ether oxygens (including phenoxy) is 2. The minimum Gasteiger partial charge on any atom is -0.493 e. The highest BCUT2D eigenvalue weighted by Crippen LogP contribution is 2.31. The number of nitrogens with one attached hydrogen (secondary N) is 1. The van der Waals surface area contributed by atoms with E-state index in [0.717, 1.165) is 17.1 Å². The van der Waals surface area contributed by atoms with Crippen molar-refractivity contribution in [3.8, 4) is 11.5 Å². The number of para-hydroxylation sites is 1. The molecule has 0 heterocycles. The Morgan fingerprint density at radius 2 is 1.62 bits per heavy atom. The van der Waals surface area contributed by atoms with E-state index in [0.29, 0.717) is 6.54 Å². The smallest absolute Gasteiger partial charge is 0.165 e. The van der Waals surface area contributed by atoms with E-state index in [4.69, 9.17) is 9.47 Å². The molecule has 124 valence electrons. The number of benzene rings is 3. The van der Waals surface area contributed by atoms with Crippen molar-refractivity contribution in [1.29, 1.82) is 0 Å². The summed E-state index contributed by atoms with van der Waals surface area (Å²) >= 11 is 0. The van der Waals surface area contributed by atoms with Crippen LogP contribution >= 0.6 is 0 Å². The first-order chi connectivity index (χ1) is 11.7. The summed E-state index contributed by atoms with van der Waals surface area (Å²) in [5.74, 6) is 1.55. The van der Waals surface area contributed by atoms with Crippen LogP contribution in [0.4, 0.5) is 0 Å². The van der Waals surface area contributed by atoms with E-state index in [1.165, 1.54) is 16.3 Å². The molecule has 0 spiro atoms. The zero-order valence-corrected chi connectivity index (χ0v) is 14.4. The molecule has 24 heavy (non-hydrogen) atoms. The Hall–Kier alpha value is -2.52. The number of hydrogen-bond donors (Lipinski definition) is 1. The molecule has 0 aromatic heterocycles. The Balaban J connectivity index is 1.82. The first-order valence-corrected chi connectivity index (χ1v) is 8.15. The third kappa shape index (κ3) is 3.22. The Morgan fingerprint density at radius 3 is 2.42 bits per heavy atom. The highest BCUT2D eigenvalue weighted by atomic mass is 16.5. The number of hydrogen-bond acceptors (Lipinski definition) is 3. The second-order valence-corrected chi connectivity index (χ2v) is 5.82. The molecule has 0 fully saturated rings. The van der Waals surface area contributed by atoms with Crippen molar-refractivity contribution in [2.75, 3.05) is 14.2 Å². The minimum absolute atomic E-state index is 0.229. The molecule has 0 saturated heterocycles. The molecule has 3 nitrogen and oxygen atoms in total. The summed E-state index contributed by atoms with van der Waals surface area (Å²) in [5, 5.41) is 6.15. The largest absolute Gasteiger partial charge is 0.493 e. The van der Waals surface area contributed by atoms with Crippen LogP contribution in [0.2, 0.25) is 0 Å². The van der Waals surface area contributed by atoms with Crippen molar-refractivity contribution in [3.63, 3.8) is 0 Å². The van der Waals surface area contributed by atoms with Crippen LogP contribution in [-0.2, 0) is 6.54 Å². The summed E-state index contributed by atoms with van der Waals surface area (Å²) in [6, 6.07) is 21.1. The normalized spacial score (nSPS) is 12.1. The van der Waals surface area contributed by atoms with Crippen LogP contribution in [0, 0.1) is 0 Å². The summed E-state index contributed by atoms with van der Waals surface area (Å²) in [5.41, 5.74) is 2.39. The lowest BCUT2D eigenvalue weighted by atomic mass is 9.99. The van der Waals surface area contributed by atoms with Crippen LogP contribution in [-0.4, -0.2) is 14.2 Å². The standard InChI is InChI=1S/C21H23NO2/c1-15(18-12-6-9-16-8-4-5-11-19(16)18)22-14-17-10-7-13-20(23-2)21(17)24-3/h4-13,15,22H,14H2,1-3H3/t15-/m0/s1. The molecule has 0 aliphatic heterocycles. The predicted molar refractivity (Wildman–Crippen MR) is 98.7 cm³/mol. The molecule has 1 atom stereocenters. The van der Waals surface area contributed by atoms with Gasteiger partial charge in [0.2, 0.25) is 0 Å². The Bertz CT molecular complexity index is 824. The van der Waals surface area contributed by atoms with Crippen LogP contribution in [0.5, 0.6) is 11.5 Å². The lowest BCUT2D eigenvalue weighted by molar-refractivity contribution is 0.350. The van der Waals surface area contributed by atoms with Gasteiger partial charge >= 0.3 is 0 Å². The van der Waals surface area contributed by atoms with Gasteiger partial charge in [0.05, 0.1) is 14.2 Å². The maximum absolute atomic E-state index is 5.51. The molecule has 3 heteroatoms. The highest BCUT2D eigenvalue weighted by molar-refractivity contribution is 5.86. The third-order valence-electron chi connectivity index (χ3n) is 4.37. The van der Waals surface area contributed by atoms with Gasteiger partial charge in [0.15, 0.2) is 11.5 Å². The molecule has 3 aromatic rings. The lowest BCUT2D eigenvalue weighted by Crippen LogP contribution is -2.18. The SMILES string of the molecule is COc1cccc(CN[C@@H](C)c2cccc3ccccc23)c1OC. The van der Waals surface area contributed by atoms with Crippen molar-refractivity contribution >= 4 is 10.8 Å². The van der Waals surface area contributed by atoms with E-state index in [-0.39, 0.29) is 6.04 Å². The highest BCUT2D eigenvalue weighted by Gasteiger charge is 2.12. The van der Waals surface area contributed by atoms with Crippen molar-refractivity contribution in [3.05, 3.63) is 71.8 Å². The quantitative estimate of drug-likeness (QED) is 0.713. The molecule has 0 bridgehead atoms. The van der Waals surface area contributed by atoms with E-state index < -0.39 is 0 Å². The van der Waals surface area contributed by atoms with Gasteiger partial charge in [-0.25, -0.2) is 0 Å². The second-order valence-electron chi connectivity index (χ2n) is 5.82. The van der Waals surface area contributed by atoms with Gasteiger partial charge in [0.25, 0.3) is 0 Å². The molecule has 1 N–H and O–H groups in total. The monoisotopic (exact) mass is 321 g/mol. The van der Waals surface area contributed by atoms with Gasteiger partial charge in [-0.1, -0.05) is 54.6 Å². The maximum Gasteiger partial charge on any atom is 0.165 e. The van der Waals surface area contributed by atoms with Crippen molar-refractivity contribution in [2.24, 2.45) is 0 Å². The van der Waals surface area contributed by atoms with E-state index in [1.54, 1.807) is 14.2 Å². The Morgan fingerprint density at radius 1 is 0.875 bits per heavy atom. The molecule has 0 aliphatic carbocycles. The van der Waals surface area contributed by atoms with Gasteiger partial charge in [-0.2, -0.15) is 0 Å². The van der Waals surface area contributed by atoms with Crippen LogP contribution in [0.1, 0.15) is 24.1 Å². The minimum atomic E-state index is 0.229. The third-order valence-corrected chi connectivity index (χ3v) is 4.37. The first-order valence-electron chi connectivity index (χ1n) is 8.15. The van der Waals surface area contributed by atoms with Gasteiger partial charge in [-0.05, 0) is 29.3 Å². The number of fused-ring (bicyclic) bond motifs is 1. The van der Waals surface area contributed by atoms with Crippen molar-refractivity contribution < 1.29 is 9.47 Å². The molecular formula is C21H23NO2. The van der Waals surface area contributed by atoms with Crippen LogP contribution < -0.4 is 14.8 Å². The predicted octanol–water partition coefficient (Wildman–Crippen LogP) is 4.71. The van der Waals surface area contributed by atoms with Gasteiger partial charge in [-0.15, -0.1) is 0 Å². The first kappa shape index (κ1) is 16.3. The van der Waals surface area contributed by atoms with Crippen LogP contribution in [0.3, 0.4) is 0 Å². The van der Waals surface area contributed by atoms with Crippen molar-refractivity contribution in [2.45, 2.75) is 19.5 Å². The topological polar surface area (TPSA) is 30.5 Å². The maximum atomic E-state index is 5.51. The molecule has 0 amide bonds. The van der Waals surface area contributed by atoms with E-state index in [1.807, 2.05) is 12.1 Å². The average molecular weight is 321 g/mol. The van der Waals surface area contributed by atoms with Gasteiger partial charge in [0.1, 0.15) is 0 Å². The Labute approximate surface area is 143 Å². The average Bonchev–Trinajstić information content (AvgIpc) is 2.65. The molecule has 3 rings (SSSR count). The summed E-state index contributed by atoms with van der Waals surface area (Å²) in [6.07, 6.45) is 0.